The van der Waals surface area contributed by atoms with Crippen LogP contribution in [0.2, 0.25) is 5.02 Å². The van der Waals surface area contributed by atoms with E-state index in [-0.39, 0.29) is 11.7 Å². The SMILES string of the molecule is CCn1c(SCC(=O)Nc2ccc(N3CCOCC3)c(Cl)c2)nnc1-c1cc2ccccc2o1. The first-order chi connectivity index (χ1) is 16.6. The molecule has 1 amide bonds. The van der Waals surface area contributed by atoms with E-state index in [1.54, 1.807) is 6.07 Å². The molecule has 1 aliphatic heterocycles. The van der Waals surface area contributed by atoms with E-state index in [9.17, 15) is 4.79 Å². The number of halogens is 1. The summed E-state index contributed by atoms with van der Waals surface area (Å²) >= 11 is 7.81. The Labute approximate surface area is 206 Å². The second-order valence-corrected chi connectivity index (χ2v) is 9.15. The first-order valence-corrected chi connectivity index (χ1v) is 12.5. The monoisotopic (exact) mass is 497 g/mol. The number of hydrogen-bond donors (Lipinski definition) is 1. The van der Waals surface area contributed by atoms with Gasteiger partial charge in [0.1, 0.15) is 5.58 Å². The normalized spacial score (nSPS) is 14.0. The van der Waals surface area contributed by atoms with E-state index in [2.05, 4.69) is 20.4 Å². The molecule has 4 aromatic rings. The van der Waals surface area contributed by atoms with Crippen LogP contribution in [0.1, 0.15) is 6.92 Å². The third-order valence-corrected chi connectivity index (χ3v) is 6.86. The highest BCUT2D eigenvalue weighted by Gasteiger charge is 2.18. The molecule has 2 aromatic carbocycles. The Kier molecular flexibility index (Phi) is 6.75. The molecule has 2 aromatic heterocycles. The number of thioether (sulfide) groups is 1. The number of para-hydroxylation sites is 1. The van der Waals surface area contributed by atoms with Gasteiger partial charge in [-0.1, -0.05) is 41.6 Å². The second kappa shape index (κ2) is 10.1. The topological polar surface area (TPSA) is 85.4 Å². The van der Waals surface area contributed by atoms with Crippen LogP contribution in [0, 0.1) is 0 Å². The van der Waals surface area contributed by atoms with Crippen LogP contribution < -0.4 is 10.2 Å². The summed E-state index contributed by atoms with van der Waals surface area (Å²) in [5.41, 5.74) is 2.41. The summed E-state index contributed by atoms with van der Waals surface area (Å²) in [6.07, 6.45) is 0. The second-order valence-electron chi connectivity index (χ2n) is 7.80. The molecule has 176 valence electrons. The van der Waals surface area contributed by atoms with Crippen LogP contribution in [0.3, 0.4) is 0 Å². The molecule has 1 aliphatic rings. The Morgan fingerprint density at radius 3 is 2.74 bits per heavy atom. The summed E-state index contributed by atoms with van der Waals surface area (Å²) in [6, 6.07) is 15.4. The lowest BCUT2D eigenvalue weighted by Crippen LogP contribution is -2.36. The zero-order chi connectivity index (χ0) is 23.5. The van der Waals surface area contributed by atoms with E-state index in [1.165, 1.54) is 11.8 Å². The smallest absolute Gasteiger partial charge is 0.234 e. The molecule has 0 spiro atoms. The van der Waals surface area contributed by atoms with Gasteiger partial charge >= 0.3 is 0 Å². The molecule has 3 heterocycles. The van der Waals surface area contributed by atoms with Crippen molar-refractivity contribution in [3.63, 3.8) is 0 Å². The van der Waals surface area contributed by atoms with Crippen molar-refractivity contribution in [2.24, 2.45) is 0 Å². The molecule has 1 fully saturated rings. The van der Waals surface area contributed by atoms with Crippen LogP contribution in [-0.4, -0.2) is 52.7 Å². The standard InChI is InChI=1S/C24H24ClN5O3S/c1-2-30-23(21-13-16-5-3-4-6-20(16)33-21)27-28-24(30)34-15-22(31)26-17-7-8-19(18(25)14-17)29-9-11-32-12-10-29/h3-8,13-14H,2,9-12,15H2,1H3,(H,26,31). The zero-order valence-electron chi connectivity index (χ0n) is 18.7. The van der Waals surface area contributed by atoms with Gasteiger partial charge in [-0.05, 0) is 37.3 Å². The maximum atomic E-state index is 12.6. The van der Waals surface area contributed by atoms with E-state index in [0.29, 0.717) is 47.2 Å². The van der Waals surface area contributed by atoms with Crippen molar-refractivity contribution < 1.29 is 13.9 Å². The molecule has 5 rings (SSSR count). The molecule has 0 aliphatic carbocycles. The number of anilines is 2. The van der Waals surface area contributed by atoms with Crippen LogP contribution in [-0.2, 0) is 16.1 Å². The van der Waals surface area contributed by atoms with E-state index in [4.69, 9.17) is 20.8 Å². The summed E-state index contributed by atoms with van der Waals surface area (Å²) in [7, 11) is 0. The number of benzene rings is 2. The first kappa shape index (κ1) is 22.8. The van der Waals surface area contributed by atoms with Crippen molar-refractivity contribution in [2.45, 2.75) is 18.6 Å². The zero-order valence-corrected chi connectivity index (χ0v) is 20.2. The van der Waals surface area contributed by atoms with Gasteiger partial charge in [0, 0.05) is 30.7 Å². The highest BCUT2D eigenvalue weighted by atomic mass is 35.5. The van der Waals surface area contributed by atoms with Gasteiger partial charge < -0.3 is 19.4 Å². The Morgan fingerprint density at radius 2 is 1.97 bits per heavy atom. The number of amides is 1. The largest absolute Gasteiger partial charge is 0.453 e. The Hall–Kier alpha value is -3.01. The van der Waals surface area contributed by atoms with E-state index in [0.717, 1.165) is 29.7 Å². The van der Waals surface area contributed by atoms with Crippen LogP contribution >= 0.6 is 23.4 Å². The van der Waals surface area contributed by atoms with Crippen molar-refractivity contribution in [1.82, 2.24) is 14.8 Å². The molecule has 0 radical (unpaired) electrons. The number of carbonyl (C=O) groups is 1. The quantitative estimate of drug-likeness (QED) is 0.362. The molecular formula is C24H24ClN5O3S. The predicted molar refractivity (Wildman–Crippen MR) is 135 cm³/mol. The summed E-state index contributed by atoms with van der Waals surface area (Å²) < 4.78 is 13.3. The van der Waals surface area contributed by atoms with Gasteiger partial charge in [0.25, 0.3) is 0 Å². The highest BCUT2D eigenvalue weighted by Crippen LogP contribution is 2.31. The summed E-state index contributed by atoms with van der Waals surface area (Å²) in [4.78, 5) is 14.8. The Morgan fingerprint density at radius 1 is 1.15 bits per heavy atom. The number of morpholine rings is 1. The maximum Gasteiger partial charge on any atom is 0.234 e. The fraction of sp³-hybridized carbons (Fsp3) is 0.292. The van der Waals surface area contributed by atoms with E-state index < -0.39 is 0 Å². The van der Waals surface area contributed by atoms with Gasteiger partial charge in [0.2, 0.25) is 11.7 Å². The van der Waals surface area contributed by atoms with Crippen molar-refractivity contribution in [3.05, 3.63) is 53.6 Å². The van der Waals surface area contributed by atoms with Crippen molar-refractivity contribution in [2.75, 3.05) is 42.3 Å². The minimum Gasteiger partial charge on any atom is -0.453 e. The molecule has 34 heavy (non-hydrogen) atoms. The number of hydrogen-bond acceptors (Lipinski definition) is 7. The minimum absolute atomic E-state index is 0.142. The van der Waals surface area contributed by atoms with Gasteiger partial charge in [-0.2, -0.15) is 0 Å². The molecule has 0 bridgehead atoms. The van der Waals surface area contributed by atoms with Crippen LogP contribution in [0.4, 0.5) is 11.4 Å². The molecule has 1 saturated heterocycles. The lowest BCUT2D eigenvalue weighted by molar-refractivity contribution is -0.113. The number of ether oxygens (including phenoxy) is 1. The van der Waals surface area contributed by atoms with Crippen LogP contribution in [0.5, 0.6) is 0 Å². The van der Waals surface area contributed by atoms with Crippen molar-refractivity contribution in [1.29, 1.82) is 0 Å². The van der Waals surface area contributed by atoms with Crippen molar-refractivity contribution >= 4 is 51.6 Å². The lowest BCUT2D eigenvalue weighted by Gasteiger charge is -2.29. The van der Waals surface area contributed by atoms with Gasteiger partial charge in [0.05, 0.1) is 29.7 Å². The molecule has 0 unspecified atom stereocenters. The molecule has 0 atom stereocenters. The van der Waals surface area contributed by atoms with Gasteiger partial charge in [-0.3, -0.25) is 9.36 Å². The van der Waals surface area contributed by atoms with Gasteiger partial charge in [0.15, 0.2) is 10.9 Å². The maximum absolute atomic E-state index is 12.6. The number of aromatic nitrogens is 3. The summed E-state index contributed by atoms with van der Waals surface area (Å²) in [5.74, 6) is 1.35. The van der Waals surface area contributed by atoms with Gasteiger partial charge in [-0.15, -0.1) is 10.2 Å². The molecule has 0 saturated carbocycles. The van der Waals surface area contributed by atoms with Crippen molar-refractivity contribution in [3.8, 4) is 11.6 Å². The number of fused-ring (bicyclic) bond motifs is 1. The third kappa shape index (κ3) is 4.77. The fourth-order valence-electron chi connectivity index (χ4n) is 3.93. The average Bonchev–Trinajstić information content (AvgIpc) is 3.47. The summed E-state index contributed by atoms with van der Waals surface area (Å²) in [5, 5.41) is 13.8. The Balaban J connectivity index is 1.24. The number of nitrogens with one attached hydrogen (secondary N) is 1. The number of carbonyl (C=O) groups excluding carboxylic acids is 1. The number of rotatable bonds is 7. The number of nitrogens with zero attached hydrogens (tertiary/aromatic N) is 4. The summed E-state index contributed by atoms with van der Waals surface area (Å²) in [6.45, 7) is 5.64. The first-order valence-electron chi connectivity index (χ1n) is 11.1. The Bertz CT molecular complexity index is 1280. The predicted octanol–water partition coefficient (Wildman–Crippen LogP) is 4.93. The highest BCUT2D eigenvalue weighted by molar-refractivity contribution is 7.99. The molecule has 1 N–H and O–H groups in total. The molecular weight excluding hydrogens is 474 g/mol. The lowest BCUT2D eigenvalue weighted by atomic mass is 10.2. The average molecular weight is 498 g/mol. The fourth-order valence-corrected chi connectivity index (χ4v) is 5.03. The third-order valence-electron chi connectivity index (χ3n) is 5.59. The van der Waals surface area contributed by atoms with Gasteiger partial charge in [-0.25, -0.2) is 0 Å². The molecule has 10 heteroatoms. The van der Waals surface area contributed by atoms with Crippen LogP contribution in [0.25, 0.3) is 22.6 Å². The minimum atomic E-state index is -0.142. The van der Waals surface area contributed by atoms with E-state index in [1.807, 2.05) is 54.0 Å². The van der Waals surface area contributed by atoms with Crippen LogP contribution in [0.15, 0.2) is 58.1 Å². The number of furan rings is 1. The van der Waals surface area contributed by atoms with E-state index >= 15 is 0 Å². The molecule has 8 nitrogen and oxygen atoms in total.